The molecule has 2 aliphatic rings. The molecule has 0 aromatic heterocycles. The molecule has 0 bridgehead atoms. The Balaban J connectivity index is 1.61. The van der Waals surface area contributed by atoms with E-state index in [9.17, 15) is 0 Å². The van der Waals surface area contributed by atoms with Gasteiger partial charge in [-0.25, -0.2) is 0 Å². The Morgan fingerprint density at radius 2 is 1.21 bits per heavy atom. The molecule has 2 heterocycles. The van der Waals surface area contributed by atoms with Gasteiger partial charge < -0.3 is 5.32 Å². The quantitative estimate of drug-likeness (QED) is 0.702. The summed E-state index contributed by atoms with van der Waals surface area (Å²) in [4.78, 5) is 0. The van der Waals surface area contributed by atoms with Gasteiger partial charge in [0.05, 0.1) is 24.5 Å². The number of dihydropyridines is 1. The topological polar surface area (TPSA) is 48.1 Å². The molecule has 4 rings (SSSR count). The van der Waals surface area contributed by atoms with Gasteiger partial charge in [-0.15, -0.1) is 0 Å². The molecule has 0 aliphatic carbocycles. The third kappa shape index (κ3) is 3.26. The van der Waals surface area contributed by atoms with Gasteiger partial charge in [0.2, 0.25) is 0 Å². The van der Waals surface area contributed by atoms with Gasteiger partial charge in [-0.2, -0.15) is 0 Å². The Bertz CT molecular complexity index is 663. The monoisotopic (exact) mass is 318 g/mol. The Morgan fingerprint density at radius 3 is 1.71 bits per heavy atom. The van der Waals surface area contributed by atoms with Crippen molar-refractivity contribution in [3.63, 3.8) is 0 Å². The van der Waals surface area contributed by atoms with Crippen LogP contribution in [0.4, 0.5) is 0 Å². The lowest BCUT2D eigenvalue weighted by Crippen LogP contribution is -2.64. The van der Waals surface area contributed by atoms with Gasteiger partial charge in [-0.05, 0) is 23.4 Å². The summed E-state index contributed by atoms with van der Waals surface area (Å²) in [6.07, 6.45) is 8.56. The zero-order valence-corrected chi connectivity index (χ0v) is 13.4. The van der Waals surface area contributed by atoms with Crippen LogP contribution in [0.25, 0.3) is 0 Å². The van der Waals surface area contributed by atoms with Crippen LogP contribution in [0.2, 0.25) is 0 Å². The fraction of sp³-hybridized carbons (Fsp3) is 0.200. The SMILES string of the molecule is C1=CNC(C2NC(c3ccccc3)NC(c3ccccc3)N2)C=C1. The highest BCUT2D eigenvalue weighted by Crippen LogP contribution is 2.22. The van der Waals surface area contributed by atoms with Crippen molar-refractivity contribution in [3.05, 3.63) is 96.2 Å². The molecule has 1 saturated heterocycles. The van der Waals surface area contributed by atoms with Gasteiger partial charge in [-0.3, -0.25) is 16.0 Å². The van der Waals surface area contributed by atoms with Crippen LogP contribution < -0.4 is 21.3 Å². The van der Waals surface area contributed by atoms with Gasteiger partial charge >= 0.3 is 0 Å². The van der Waals surface area contributed by atoms with E-state index in [4.69, 9.17) is 0 Å². The first-order chi connectivity index (χ1) is 11.9. The van der Waals surface area contributed by atoms with Crippen LogP contribution in [0.5, 0.6) is 0 Å². The first kappa shape index (κ1) is 15.1. The molecule has 0 saturated carbocycles. The van der Waals surface area contributed by atoms with Crippen molar-refractivity contribution >= 4 is 0 Å². The minimum absolute atomic E-state index is 0.0868. The minimum atomic E-state index is 0.0868. The lowest BCUT2D eigenvalue weighted by Gasteiger charge is -2.42. The van der Waals surface area contributed by atoms with Crippen molar-refractivity contribution in [1.29, 1.82) is 0 Å². The highest BCUT2D eigenvalue weighted by Gasteiger charge is 2.32. The van der Waals surface area contributed by atoms with Gasteiger partial charge in [-0.1, -0.05) is 72.8 Å². The summed E-state index contributed by atoms with van der Waals surface area (Å²) in [5.41, 5.74) is 2.47. The molecular weight excluding hydrogens is 296 g/mol. The number of benzene rings is 2. The van der Waals surface area contributed by atoms with Crippen molar-refractivity contribution < 1.29 is 0 Å². The maximum absolute atomic E-state index is 3.67. The number of allylic oxidation sites excluding steroid dienone is 2. The number of rotatable bonds is 3. The van der Waals surface area contributed by atoms with Gasteiger partial charge in [0.1, 0.15) is 0 Å². The van der Waals surface area contributed by atoms with Crippen LogP contribution in [-0.2, 0) is 0 Å². The van der Waals surface area contributed by atoms with Crippen molar-refractivity contribution in [2.24, 2.45) is 0 Å². The highest BCUT2D eigenvalue weighted by atomic mass is 15.4. The first-order valence-electron chi connectivity index (χ1n) is 8.37. The second-order valence-corrected chi connectivity index (χ2v) is 6.10. The van der Waals surface area contributed by atoms with E-state index >= 15 is 0 Å². The maximum atomic E-state index is 3.67. The fourth-order valence-electron chi connectivity index (χ4n) is 3.22. The standard InChI is InChI=1S/C20H22N4/c1-3-9-15(10-4-1)18-22-19(16-11-5-2-6-12-16)24-20(23-18)17-13-7-8-14-21-17/h1-14,17-24H. The third-order valence-corrected chi connectivity index (χ3v) is 4.47. The molecule has 1 fully saturated rings. The average Bonchev–Trinajstić information content (AvgIpc) is 2.70. The lowest BCUT2D eigenvalue weighted by atomic mass is 10.0. The zero-order chi connectivity index (χ0) is 16.2. The molecule has 2 aromatic carbocycles. The van der Waals surface area contributed by atoms with E-state index in [-0.39, 0.29) is 24.5 Å². The second kappa shape index (κ2) is 7.01. The minimum Gasteiger partial charge on any atom is -0.382 e. The van der Waals surface area contributed by atoms with Crippen molar-refractivity contribution in [2.75, 3.05) is 0 Å². The second-order valence-electron chi connectivity index (χ2n) is 6.10. The molecule has 4 N–H and O–H groups in total. The molecular formula is C20H22N4. The van der Waals surface area contributed by atoms with E-state index in [0.29, 0.717) is 0 Å². The number of hydrogen-bond acceptors (Lipinski definition) is 4. The number of hydrogen-bond donors (Lipinski definition) is 4. The van der Waals surface area contributed by atoms with Gasteiger partial charge in [0.25, 0.3) is 0 Å². The maximum Gasteiger partial charge on any atom is 0.0862 e. The molecule has 4 nitrogen and oxygen atoms in total. The molecule has 122 valence electrons. The van der Waals surface area contributed by atoms with Gasteiger partial charge in [0, 0.05) is 0 Å². The predicted molar refractivity (Wildman–Crippen MR) is 96.8 cm³/mol. The summed E-state index contributed by atoms with van der Waals surface area (Å²) in [5, 5.41) is 14.4. The van der Waals surface area contributed by atoms with Crippen LogP contribution in [0.3, 0.4) is 0 Å². The first-order valence-corrected chi connectivity index (χ1v) is 8.37. The van der Waals surface area contributed by atoms with Crippen molar-refractivity contribution in [3.8, 4) is 0 Å². The van der Waals surface area contributed by atoms with Gasteiger partial charge in [0.15, 0.2) is 0 Å². The molecule has 0 amide bonds. The van der Waals surface area contributed by atoms with Crippen molar-refractivity contribution in [1.82, 2.24) is 21.3 Å². The van der Waals surface area contributed by atoms with E-state index in [1.165, 1.54) is 11.1 Å². The normalized spacial score (nSPS) is 29.2. The molecule has 4 heteroatoms. The van der Waals surface area contributed by atoms with Crippen LogP contribution in [0.1, 0.15) is 23.5 Å². The summed E-state index contributed by atoms with van der Waals surface area (Å²) in [7, 11) is 0. The molecule has 3 unspecified atom stereocenters. The van der Waals surface area contributed by atoms with Crippen LogP contribution in [0.15, 0.2) is 85.1 Å². The summed E-state index contributed by atoms with van der Waals surface area (Å²) < 4.78 is 0. The molecule has 3 atom stereocenters. The largest absolute Gasteiger partial charge is 0.382 e. The van der Waals surface area contributed by atoms with Crippen molar-refractivity contribution in [2.45, 2.75) is 24.5 Å². The molecule has 0 spiro atoms. The Kier molecular flexibility index (Phi) is 4.42. The molecule has 2 aliphatic heterocycles. The van der Waals surface area contributed by atoms with E-state index in [1.807, 2.05) is 24.4 Å². The molecule has 0 radical (unpaired) electrons. The summed E-state index contributed by atoms with van der Waals surface area (Å²) >= 11 is 0. The Labute approximate surface area is 142 Å². The molecule has 24 heavy (non-hydrogen) atoms. The highest BCUT2D eigenvalue weighted by molar-refractivity contribution is 5.25. The van der Waals surface area contributed by atoms with Crippen LogP contribution >= 0.6 is 0 Å². The van der Waals surface area contributed by atoms with E-state index in [0.717, 1.165) is 0 Å². The predicted octanol–water partition coefficient (Wildman–Crippen LogP) is 2.53. The van der Waals surface area contributed by atoms with Crippen LogP contribution in [-0.4, -0.2) is 12.2 Å². The van der Waals surface area contributed by atoms with E-state index < -0.39 is 0 Å². The summed E-state index contributed by atoms with van der Waals surface area (Å²) in [5.74, 6) is 0. The molecule has 2 aromatic rings. The summed E-state index contributed by atoms with van der Waals surface area (Å²) in [6.45, 7) is 0. The Hall–Kier alpha value is -2.40. The zero-order valence-electron chi connectivity index (χ0n) is 13.4. The van der Waals surface area contributed by atoms with E-state index in [2.05, 4.69) is 82.0 Å². The average molecular weight is 318 g/mol. The third-order valence-electron chi connectivity index (χ3n) is 4.47. The lowest BCUT2D eigenvalue weighted by molar-refractivity contribution is 0.184. The Morgan fingerprint density at radius 1 is 0.625 bits per heavy atom. The summed E-state index contributed by atoms with van der Waals surface area (Å²) in [6, 6.07) is 21.2. The van der Waals surface area contributed by atoms with E-state index in [1.54, 1.807) is 0 Å². The van der Waals surface area contributed by atoms with Crippen LogP contribution in [0, 0.1) is 0 Å². The smallest absolute Gasteiger partial charge is 0.0862 e. The number of nitrogens with one attached hydrogen (secondary N) is 4. The fourth-order valence-corrected chi connectivity index (χ4v) is 3.22.